The lowest BCUT2D eigenvalue weighted by Gasteiger charge is -2.06. The Balaban J connectivity index is 1.46. The summed E-state index contributed by atoms with van der Waals surface area (Å²) in [6, 6.07) is 13.9. The minimum Gasteiger partial charge on any atom is -0.494 e. The molecular formula is C19H17ClFNO2S. The van der Waals surface area contributed by atoms with Crippen LogP contribution in [-0.4, -0.2) is 19.1 Å². The second kappa shape index (κ2) is 8.32. The number of ether oxygens (including phenoxy) is 1. The molecule has 0 bridgehead atoms. The van der Waals surface area contributed by atoms with E-state index in [0.29, 0.717) is 33.1 Å². The van der Waals surface area contributed by atoms with Crippen LogP contribution in [0, 0.1) is 5.82 Å². The van der Waals surface area contributed by atoms with Gasteiger partial charge in [-0.1, -0.05) is 29.8 Å². The minimum atomic E-state index is -0.337. The van der Waals surface area contributed by atoms with E-state index < -0.39 is 0 Å². The van der Waals surface area contributed by atoms with E-state index in [1.165, 1.54) is 23.5 Å². The Morgan fingerprint density at radius 3 is 2.76 bits per heavy atom. The van der Waals surface area contributed by atoms with Gasteiger partial charge in [-0.3, -0.25) is 4.79 Å². The summed E-state index contributed by atoms with van der Waals surface area (Å²) in [5, 5.41) is 3.93. The number of nitrogens with one attached hydrogen (secondary N) is 1. The van der Waals surface area contributed by atoms with Crippen molar-refractivity contribution < 1.29 is 13.9 Å². The Labute approximate surface area is 154 Å². The fourth-order valence-electron chi connectivity index (χ4n) is 2.40. The molecule has 25 heavy (non-hydrogen) atoms. The summed E-state index contributed by atoms with van der Waals surface area (Å²) >= 11 is 7.44. The molecule has 1 heterocycles. The average molecular weight is 378 g/mol. The normalized spacial score (nSPS) is 10.8. The lowest BCUT2D eigenvalue weighted by Crippen LogP contribution is -2.24. The average Bonchev–Trinajstić information content (AvgIpc) is 2.94. The van der Waals surface area contributed by atoms with Gasteiger partial charge in [0.2, 0.25) is 0 Å². The fraction of sp³-hybridized carbons (Fsp3) is 0.211. The molecule has 130 valence electrons. The van der Waals surface area contributed by atoms with Crippen LogP contribution in [0.3, 0.4) is 0 Å². The number of para-hydroxylation sites is 1. The first-order valence-electron chi connectivity index (χ1n) is 7.99. The number of thiophene rings is 1. The number of benzene rings is 2. The molecule has 1 aromatic heterocycles. The molecule has 0 atom stereocenters. The fourth-order valence-corrected chi connectivity index (χ4v) is 3.86. The molecule has 3 aromatic rings. The third-order valence-corrected chi connectivity index (χ3v) is 5.32. The molecule has 0 saturated carbocycles. The Morgan fingerprint density at radius 1 is 1.16 bits per heavy atom. The van der Waals surface area contributed by atoms with Gasteiger partial charge in [0.25, 0.3) is 5.91 Å². The van der Waals surface area contributed by atoms with Crippen LogP contribution in [0.25, 0.3) is 10.1 Å². The van der Waals surface area contributed by atoms with Gasteiger partial charge in [-0.05, 0) is 43.2 Å². The van der Waals surface area contributed by atoms with E-state index in [4.69, 9.17) is 16.3 Å². The number of rotatable bonds is 7. The predicted molar refractivity (Wildman–Crippen MR) is 100 cm³/mol. The van der Waals surface area contributed by atoms with Crippen LogP contribution < -0.4 is 10.1 Å². The van der Waals surface area contributed by atoms with Gasteiger partial charge >= 0.3 is 0 Å². The first kappa shape index (κ1) is 17.7. The van der Waals surface area contributed by atoms with Crippen LogP contribution in [0.5, 0.6) is 5.75 Å². The molecule has 0 spiro atoms. The number of fused-ring (bicyclic) bond motifs is 1. The van der Waals surface area contributed by atoms with Crippen LogP contribution in [0.15, 0.2) is 48.5 Å². The summed E-state index contributed by atoms with van der Waals surface area (Å²) in [6.07, 6.45) is 1.64. The molecule has 0 aliphatic heterocycles. The number of amides is 1. The molecule has 2 aromatic carbocycles. The van der Waals surface area contributed by atoms with Crippen molar-refractivity contribution in [3.8, 4) is 5.75 Å². The Bertz CT molecular complexity index is 866. The van der Waals surface area contributed by atoms with Gasteiger partial charge < -0.3 is 10.1 Å². The van der Waals surface area contributed by atoms with Crippen LogP contribution in [0.4, 0.5) is 4.39 Å². The standard InChI is InChI=1S/C19H17ClFNO2S/c20-17-15-9-8-13(21)12-16(15)25-18(17)19(23)22-10-4-5-11-24-14-6-2-1-3-7-14/h1-3,6-9,12H,4-5,10-11H2,(H,22,23). The molecule has 1 N–H and O–H groups in total. The number of carbonyl (C=O) groups excluding carboxylic acids is 1. The molecule has 1 amide bonds. The van der Waals surface area contributed by atoms with E-state index in [2.05, 4.69) is 5.32 Å². The van der Waals surface area contributed by atoms with Crippen molar-refractivity contribution in [1.82, 2.24) is 5.32 Å². The van der Waals surface area contributed by atoms with E-state index in [0.717, 1.165) is 18.6 Å². The second-order valence-electron chi connectivity index (χ2n) is 5.51. The Hall–Kier alpha value is -2.11. The van der Waals surface area contributed by atoms with Crippen molar-refractivity contribution in [2.75, 3.05) is 13.2 Å². The van der Waals surface area contributed by atoms with Gasteiger partial charge in [0, 0.05) is 16.6 Å². The van der Waals surface area contributed by atoms with E-state index in [9.17, 15) is 9.18 Å². The largest absolute Gasteiger partial charge is 0.494 e. The van der Waals surface area contributed by atoms with Gasteiger partial charge in [-0.25, -0.2) is 4.39 Å². The summed E-state index contributed by atoms with van der Waals surface area (Å²) in [4.78, 5) is 12.7. The topological polar surface area (TPSA) is 38.3 Å². The number of carbonyl (C=O) groups is 1. The zero-order valence-corrected chi connectivity index (χ0v) is 15.0. The summed E-state index contributed by atoms with van der Waals surface area (Å²) in [5.74, 6) is 0.280. The van der Waals surface area contributed by atoms with Crippen LogP contribution in [-0.2, 0) is 0 Å². The highest BCUT2D eigenvalue weighted by atomic mass is 35.5. The van der Waals surface area contributed by atoms with Crippen molar-refractivity contribution in [1.29, 1.82) is 0 Å². The van der Waals surface area contributed by atoms with Crippen molar-refractivity contribution in [3.63, 3.8) is 0 Å². The van der Waals surface area contributed by atoms with Crippen molar-refractivity contribution in [2.45, 2.75) is 12.8 Å². The first-order chi connectivity index (χ1) is 12.1. The lowest BCUT2D eigenvalue weighted by atomic mass is 10.2. The Morgan fingerprint density at radius 2 is 1.96 bits per heavy atom. The molecule has 0 radical (unpaired) electrons. The highest BCUT2D eigenvalue weighted by molar-refractivity contribution is 7.21. The van der Waals surface area contributed by atoms with Crippen LogP contribution >= 0.6 is 22.9 Å². The third-order valence-electron chi connectivity index (χ3n) is 3.67. The molecule has 0 aliphatic carbocycles. The molecular weight excluding hydrogens is 361 g/mol. The quantitative estimate of drug-likeness (QED) is 0.568. The monoisotopic (exact) mass is 377 g/mol. The maximum absolute atomic E-state index is 13.3. The smallest absolute Gasteiger partial charge is 0.262 e. The van der Waals surface area contributed by atoms with Gasteiger partial charge in [0.05, 0.1) is 11.6 Å². The lowest BCUT2D eigenvalue weighted by molar-refractivity contribution is 0.0956. The number of unbranched alkanes of at least 4 members (excludes halogenated alkanes) is 1. The van der Waals surface area contributed by atoms with Gasteiger partial charge in [-0.2, -0.15) is 0 Å². The van der Waals surface area contributed by atoms with Crippen molar-refractivity contribution >= 4 is 38.9 Å². The molecule has 0 fully saturated rings. The third kappa shape index (κ3) is 4.50. The predicted octanol–water partition coefficient (Wildman–Crippen LogP) is 5.28. The zero-order chi connectivity index (χ0) is 17.6. The van der Waals surface area contributed by atoms with Gasteiger partial charge in [0.15, 0.2) is 0 Å². The summed E-state index contributed by atoms with van der Waals surface area (Å²) < 4.78 is 19.5. The van der Waals surface area contributed by atoms with E-state index >= 15 is 0 Å². The highest BCUT2D eigenvalue weighted by Crippen LogP contribution is 2.35. The van der Waals surface area contributed by atoms with E-state index in [-0.39, 0.29) is 11.7 Å². The summed E-state index contributed by atoms with van der Waals surface area (Å²) in [5.41, 5.74) is 0. The summed E-state index contributed by atoms with van der Waals surface area (Å²) in [6.45, 7) is 1.14. The molecule has 0 unspecified atom stereocenters. The number of halogens is 2. The maximum Gasteiger partial charge on any atom is 0.262 e. The minimum absolute atomic E-state index is 0.226. The van der Waals surface area contributed by atoms with E-state index in [1.807, 2.05) is 30.3 Å². The van der Waals surface area contributed by atoms with Crippen LogP contribution in [0.2, 0.25) is 5.02 Å². The highest BCUT2D eigenvalue weighted by Gasteiger charge is 2.17. The van der Waals surface area contributed by atoms with Crippen molar-refractivity contribution in [2.24, 2.45) is 0 Å². The molecule has 3 nitrogen and oxygen atoms in total. The molecule has 6 heteroatoms. The van der Waals surface area contributed by atoms with Crippen LogP contribution in [0.1, 0.15) is 22.5 Å². The molecule has 0 aliphatic rings. The molecule has 0 saturated heterocycles. The maximum atomic E-state index is 13.3. The number of hydrogen-bond donors (Lipinski definition) is 1. The molecule has 3 rings (SSSR count). The summed E-state index contributed by atoms with van der Waals surface area (Å²) in [7, 11) is 0. The zero-order valence-electron chi connectivity index (χ0n) is 13.4. The van der Waals surface area contributed by atoms with E-state index in [1.54, 1.807) is 6.07 Å². The Kier molecular flexibility index (Phi) is 5.89. The van der Waals surface area contributed by atoms with Gasteiger partial charge in [0.1, 0.15) is 16.4 Å². The van der Waals surface area contributed by atoms with Gasteiger partial charge in [-0.15, -0.1) is 11.3 Å². The first-order valence-corrected chi connectivity index (χ1v) is 9.18. The number of hydrogen-bond acceptors (Lipinski definition) is 3. The SMILES string of the molecule is O=C(NCCCCOc1ccccc1)c1sc2cc(F)ccc2c1Cl. The second-order valence-corrected chi connectivity index (χ2v) is 6.94. The van der Waals surface area contributed by atoms with Crippen molar-refractivity contribution in [3.05, 3.63) is 64.2 Å².